The van der Waals surface area contributed by atoms with Crippen LogP contribution in [-0.2, 0) is 6.61 Å². The van der Waals surface area contributed by atoms with E-state index in [0.717, 1.165) is 5.56 Å². The van der Waals surface area contributed by atoms with Gasteiger partial charge in [0.1, 0.15) is 12.4 Å². The standard InChI is InChI=1S/C19H15FN2O/c1-22-13-18(20)9-6-15-7-10-19(11-8-15)23-14-17-4-2-16(12-21)3-5-17/h2-5,7-8,10-11,13,22H,14H2,1H3/b18-13-. The van der Waals surface area contributed by atoms with Crippen LogP contribution in [0.5, 0.6) is 5.75 Å². The monoisotopic (exact) mass is 306 g/mol. The second-order valence-corrected chi connectivity index (χ2v) is 4.65. The van der Waals surface area contributed by atoms with Crippen LogP contribution >= 0.6 is 0 Å². The smallest absolute Gasteiger partial charge is 0.189 e. The van der Waals surface area contributed by atoms with E-state index >= 15 is 0 Å². The molecule has 0 saturated heterocycles. The summed E-state index contributed by atoms with van der Waals surface area (Å²) in [6, 6.07) is 16.4. The van der Waals surface area contributed by atoms with Crippen molar-refractivity contribution >= 4 is 0 Å². The predicted octanol–water partition coefficient (Wildman–Crippen LogP) is 3.52. The van der Waals surface area contributed by atoms with Gasteiger partial charge >= 0.3 is 0 Å². The van der Waals surface area contributed by atoms with Crippen LogP contribution in [0, 0.1) is 23.2 Å². The van der Waals surface area contributed by atoms with Crippen molar-refractivity contribution in [1.29, 1.82) is 5.26 Å². The molecular formula is C19H15FN2O. The third kappa shape index (κ3) is 5.22. The Balaban J connectivity index is 1.94. The fraction of sp³-hybridized carbons (Fsp3) is 0.105. The van der Waals surface area contributed by atoms with Crippen molar-refractivity contribution in [3.8, 4) is 23.7 Å². The first-order chi connectivity index (χ1) is 11.2. The number of ether oxygens (including phenoxy) is 1. The number of hydrogen-bond donors (Lipinski definition) is 1. The molecule has 1 N–H and O–H groups in total. The minimum absolute atomic E-state index is 0.413. The zero-order chi connectivity index (χ0) is 16.5. The molecule has 0 aliphatic heterocycles. The summed E-state index contributed by atoms with van der Waals surface area (Å²) in [4.78, 5) is 0. The summed E-state index contributed by atoms with van der Waals surface area (Å²) in [7, 11) is 1.61. The fourth-order valence-electron chi connectivity index (χ4n) is 1.77. The van der Waals surface area contributed by atoms with Gasteiger partial charge in [0.25, 0.3) is 0 Å². The molecule has 4 heteroatoms. The molecule has 0 radical (unpaired) electrons. The molecule has 3 nitrogen and oxygen atoms in total. The van der Waals surface area contributed by atoms with E-state index in [1.54, 1.807) is 43.4 Å². The van der Waals surface area contributed by atoms with Crippen LogP contribution in [-0.4, -0.2) is 7.05 Å². The lowest BCUT2D eigenvalue weighted by Crippen LogP contribution is -1.95. The Hall–Kier alpha value is -3.24. The van der Waals surface area contributed by atoms with Crippen molar-refractivity contribution < 1.29 is 9.13 Å². The van der Waals surface area contributed by atoms with Crippen molar-refractivity contribution in [3.05, 3.63) is 77.2 Å². The molecule has 0 aliphatic rings. The highest BCUT2D eigenvalue weighted by atomic mass is 19.1. The van der Waals surface area contributed by atoms with Crippen LogP contribution in [0.25, 0.3) is 0 Å². The molecule has 0 aromatic heterocycles. The van der Waals surface area contributed by atoms with Gasteiger partial charge in [0.05, 0.1) is 11.6 Å². The van der Waals surface area contributed by atoms with Gasteiger partial charge < -0.3 is 10.1 Å². The van der Waals surface area contributed by atoms with Gasteiger partial charge in [0.15, 0.2) is 5.83 Å². The molecular weight excluding hydrogens is 291 g/mol. The molecule has 0 saturated carbocycles. The number of halogens is 1. The van der Waals surface area contributed by atoms with Gasteiger partial charge in [-0.05, 0) is 47.9 Å². The second kappa shape index (κ2) is 8.26. The Morgan fingerprint density at radius 2 is 1.78 bits per heavy atom. The molecule has 0 unspecified atom stereocenters. The second-order valence-electron chi connectivity index (χ2n) is 4.65. The number of nitriles is 1. The van der Waals surface area contributed by atoms with Gasteiger partial charge in [0, 0.05) is 18.8 Å². The summed E-state index contributed by atoms with van der Waals surface area (Å²) in [6.45, 7) is 0.413. The van der Waals surface area contributed by atoms with Crippen LogP contribution in [0.15, 0.2) is 60.6 Å². The molecule has 0 aliphatic carbocycles. The fourth-order valence-corrected chi connectivity index (χ4v) is 1.77. The molecule has 0 spiro atoms. The highest BCUT2D eigenvalue weighted by Crippen LogP contribution is 2.14. The molecule has 114 valence electrons. The minimum atomic E-state index is -0.520. The van der Waals surface area contributed by atoms with Crippen molar-refractivity contribution in [1.82, 2.24) is 5.32 Å². The summed E-state index contributed by atoms with van der Waals surface area (Å²) < 4.78 is 18.8. The summed E-state index contributed by atoms with van der Waals surface area (Å²) in [5.74, 6) is 5.31. The third-order valence-corrected chi connectivity index (χ3v) is 2.94. The Morgan fingerprint density at radius 3 is 2.39 bits per heavy atom. The van der Waals surface area contributed by atoms with Gasteiger partial charge in [-0.1, -0.05) is 18.1 Å². The maximum atomic E-state index is 13.1. The molecule has 0 amide bonds. The molecule has 0 atom stereocenters. The van der Waals surface area contributed by atoms with Crippen molar-refractivity contribution in [2.24, 2.45) is 0 Å². The van der Waals surface area contributed by atoms with Crippen LogP contribution in [0.3, 0.4) is 0 Å². The number of rotatable bonds is 4. The van der Waals surface area contributed by atoms with Gasteiger partial charge in [-0.15, -0.1) is 0 Å². The first-order valence-corrected chi connectivity index (χ1v) is 6.98. The lowest BCUT2D eigenvalue weighted by Gasteiger charge is -2.06. The number of nitrogens with one attached hydrogen (secondary N) is 1. The van der Waals surface area contributed by atoms with E-state index in [-0.39, 0.29) is 0 Å². The predicted molar refractivity (Wildman–Crippen MR) is 87.1 cm³/mol. The average molecular weight is 306 g/mol. The topological polar surface area (TPSA) is 45.0 Å². The number of nitrogens with zero attached hydrogens (tertiary/aromatic N) is 1. The quantitative estimate of drug-likeness (QED) is 0.879. The van der Waals surface area contributed by atoms with Crippen molar-refractivity contribution in [2.75, 3.05) is 7.05 Å². The maximum Gasteiger partial charge on any atom is 0.189 e. The molecule has 23 heavy (non-hydrogen) atoms. The van der Waals surface area contributed by atoms with E-state index in [1.165, 1.54) is 6.20 Å². The first-order valence-electron chi connectivity index (χ1n) is 6.98. The molecule has 0 heterocycles. The Bertz CT molecular complexity index is 775. The van der Waals surface area contributed by atoms with E-state index in [2.05, 4.69) is 23.2 Å². The van der Waals surface area contributed by atoms with E-state index in [0.29, 0.717) is 23.5 Å². The van der Waals surface area contributed by atoms with E-state index in [1.807, 2.05) is 12.1 Å². The number of allylic oxidation sites excluding steroid dienone is 1. The highest BCUT2D eigenvalue weighted by molar-refractivity contribution is 5.41. The largest absolute Gasteiger partial charge is 0.489 e. The van der Waals surface area contributed by atoms with E-state index in [4.69, 9.17) is 10.00 Å². The van der Waals surface area contributed by atoms with Crippen LogP contribution in [0.2, 0.25) is 0 Å². The molecule has 2 aromatic rings. The lowest BCUT2D eigenvalue weighted by atomic mass is 10.1. The average Bonchev–Trinajstić information content (AvgIpc) is 2.60. The zero-order valence-electron chi connectivity index (χ0n) is 12.6. The zero-order valence-corrected chi connectivity index (χ0v) is 12.6. The Kier molecular flexibility index (Phi) is 5.80. The molecule has 0 fully saturated rings. The van der Waals surface area contributed by atoms with E-state index < -0.39 is 5.83 Å². The Labute approximate surface area is 135 Å². The van der Waals surface area contributed by atoms with Gasteiger partial charge in [-0.2, -0.15) is 9.65 Å². The van der Waals surface area contributed by atoms with Gasteiger partial charge in [-0.25, -0.2) is 0 Å². The summed E-state index contributed by atoms with van der Waals surface area (Å²) >= 11 is 0. The molecule has 0 bridgehead atoms. The normalized spacial score (nSPS) is 10.2. The Morgan fingerprint density at radius 1 is 1.13 bits per heavy atom. The summed E-state index contributed by atoms with van der Waals surface area (Å²) in [6.07, 6.45) is 1.20. The molecule has 2 rings (SSSR count). The SMILES string of the molecule is CN/C=C(\F)C#Cc1ccc(OCc2ccc(C#N)cc2)cc1. The number of hydrogen-bond acceptors (Lipinski definition) is 3. The summed E-state index contributed by atoms with van der Waals surface area (Å²) in [5, 5.41) is 11.3. The van der Waals surface area contributed by atoms with Crippen LogP contribution in [0.4, 0.5) is 4.39 Å². The summed E-state index contributed by atoms with van der Waals surface area (Å²) in [5.41, 5.74) is 2.30. The maximum absolute atomic E-state index is 13.1. The highest BCUT2D eigenvalue weighted by Gasteiger charge is 1.97. The lowest BCUT2D eigenvalue weighted by molar-refractivity contribution is 0.306. The first kappa shape index (κ1) is 16.1. The van der Waals surface area contributed by atoms with Crippen molar-refractivity contribution in [3.63, 3.8) is 0 Å². The van der Waals surface area contributed by atoms with Crippen molar-refractivity contribution in [2.45, 2.75) is 6.61 Å². The van der Waals surface area contributed by atoms with Gasteiger partial charge in [0.2, 0.25) is 0 Å². The van der Waals surface area contributed by atoms with E-state index in [9.17, 15) is 4.39 Å². The van der Waals surface area contributed by atoms with Crippen LogP contribution in [0.1, 0.15) is 16.7 Å². The molecule has 2 aromatic carbocycles. The van der Waals surface area contributed by atoms with Gasteiger partial charge in [-0.3, -0.25) is 0 Å². The number of benzene rings is 2. The van der Waals surface area contributed by atoms with Crippen LogP contribution < -0.4 is 10.1 Å². The third-order valence-electron chi connectivity index (χ3n) is 2.94. The minimum Gasteiger partial charge on any atom is -0.489 e.